The Hall–Kier alpha value is -2.49. The lowest BCUT2D eigenvalue weighted by Gasteiger charge is -2.07. The molecule has 4 heteroatoms. The molecule has 4 nitrogen and oxygen atoms in total. The highest BCUT2D eigenvalue weighted by Gasteiger charge is 2.02. The summed E-state index contributed by atoms with van der Waals surface area (Å²) in [4.78, 5) is 10.6. The molecule has 2 aromatic rings. The summed E-state index contributed by atoms with van der Waals surface area (Å²) in [5, 5.41) is 8.68. The molecule has 0 spiro atoms. The Labute approximate surface area is 111 Å². The van der Waals surface area contributed by atoms with Crippen molar-refractivity contribution in [1.29, 1.82) is 0 Å². The standard InChI is InChI=1S/C15H14O4/c1-18-12-6-8-14(9-7-12)19-13-4-2-11(3-5-13)10-15(16)17/h2-9H,10H2,1H3,(H,16,17). The van der Waals surface area contributed by atoms with Crippen LogP contribution in [0.15, 0.2) is 48.5 Å². The molecule has 2 rings (SSSR count). The van der Waals surface area contributed by atoms with Crippen molar-refractivity contribution in [1.82, 2.24) is 0 Å². The zero-order chi connectivity index (χ0) is 13.7. The van der Waals surface area contributed by atoms with Gasteiger partial charge in [-0.1, -0.05) is 12.1 Å². The van der Waals surface area contributed by atoms with Crippen LogP contribution in [0, 0.1) is 0 Å². The maximum Gasteiger partial charge on any atom is 0.307 e. The molecule has 1 N–H and O–H groups in total. The van der Waals surface area contributed by atoms with E-state index in [4.69, 9.17) is 14.6 Å². The molecular formula is C15H14O4. The minimum Gasteiger partial charge on any atom is -0.497 e. The average molecular weight is 258 g/mol. The number of carboxylic acids is 1. The van der Waals surface area contributed by atoms with E-state index >= 15 is 0 Å². The van der Waals surface area contributed by atoms with Gasteiger partial charge in [-0.05, 0) is 42.0 Å². The van der Waals surface area contributed by atoms with Gasteiger partial charge in [0.15, 0.2) is 0 Å². The minimum atomic E-state index is -0.844. The lowest BCUT2D eigenvalue weighted by atomic mass is 10.1. The van der Waals surface area contributed by atoms with Gasteiger partial charge in [-0.2, -0.15) is 0 Å². The van der Waals surface area contributed by atoms with Crippen LogP contribution in [0.3, 0.4) is 0 Å². The number of carboxylic acid groups (broad SMARTS) is 1. The van der Waals surface area contributed by atoms with E-state index in [2.05, 4.69) is 0 Å². The highest BCUT2D eigenvalue weighted by Crippen LogP contribution is 2.24. The number of hydrogen-bond donors (Lipinski definition) is 1. The monoisotopic (exact) mass is 258 g/mol. The molecule has 0 heterocycles. The van der Waals surface area contributed by atoms with E-state index < -0.39 is 5.97 Å². The number of hydrogen-bond acceptors (Lipinski definition) is 3. The van der Waals surface area contributed by atoms with Gasteiger partial charge >= 0.3 is 5.97 Å². The quantitative estimate of drug-likeness (QED) is 0.895. The highest BCUT2D eigenvalue weighted by atomic mass is 16.5. The first-order valence-electron chi connectivity index (χ1n) is 5.80. The minimum absolute atomic E-state index is 0.0167. The Bertz CT molecular complexity index is 543. The van der Waals surface area contributed by atoms with E-state index in [-0.39, 0.29) is 6.42 Å². The number of rotatable bonds is 5. The molecular weight excluding hydrogens is 244 g/mol. The zero-order valence-corrected chi connectivity index (χ0v) is 10.5. The lowest BCUT2D eigenvalue weighted by molar-refractivity contribution is -0.136. The summed E-state index contributed by atoms with van der Waals surface area (Å²) in [7, 11) is 1.61. The largest absolute Gasteiger partial charge is 0.497 e. The second kappa shape index (κ2) is 5.91. The summed E-state index contributed by atoms with van der Waals surface area (Å²) in [6.07, 6.45) is 0.0167. The van der Waals surface area contributed by atoms with Gasteiger partial charge in [0.05, 0.1) is 13.5 Å². The molecule has 0 bridgehead atoms. The van der Waals surface area contributed by atoms with E-state index in [0.717, 1.165) is 11.3 Å². The Morgan fingerprint density at radius 3 is 1.89 bits per heavy atom. The number of benzene rings is 2. The molecule has 19 heavy (non-hydrogen) atoms. The van der Waals surface area contributed by atoms with E-state index in [0.29, 0.717) is 11.5 Å². The summed E-state index contributed by atoms with van der Waals surface area (Å²) in [6, 6.07) is 14.2. The van der Waals surface area contributed by atoms with Crippen molar-refractivity contribution < 1.29 is 19.4 Å². The Balaban J connectivity index is 2.04. The van der Waals surface area contributed by atoms with Crippen LogP contribution in [0.25, 0.3) is 0 Å². The first kappa shape index (κ1) is 13.0. The average Bonchev–Trinajstić information content (AvgIpc) is 2.41. The first-order chi connectivity index (χ1) is 9.17. The van der Waals surface area contributed by atoms with Crippen molar-refractivity contribution in [2.45, 2.75) is 6.42 Å². The zero-order valence-electron chi connectivity index (χ0n) is 10.5. The van der Waals surface area contributed by atoms with Crippen LogP contribution in [-0.4, -0.2) is 18.2 Å². The molecule has 0 saturated heterocycles. The van der Waals surface area contributed by atoms with Crippen molar-refractivity contribution in [3.05, 3.63) is 54.1 Å². The summed E-state index contributed by atoms with van der Waals surface area (Å²) >= 11 is 0. The van der Waals surface area contributed by atoms with Crippen LogP contribution in [0.5, 0.6) is 17.2 Å². The predicted octanol–water partition coefficient (Wildman–Crippen LogP) is 3.11. The fraction of sp³-hybridized carbons (Fsp3) is 0.133. The normalized spacial score (nSPS) is 9.95. The van der Waals surface area contributed by atoms with Gasteiger partial charge in [0.1, 0.15) is 17.2 Å². The van der Waals surface area contributed by atoms with Crippen LogP contribution in [-0.2, 0) is 11.2 Å². The molecule has 98 valence electrons. The van der Waals surface area contributed by atoms with Crippen LogP contribution >= 0.6 is 0 Å². The molecule has 0 amide bonds. The highest BCUT2D eigenvalue weighted by molar-refractivity contribution is 5.70. The van der Waals surface area contributed by atoms with Crippen LogP contribution < -0.4 is 9.47 Å². The van der Waals surface area contributed by atoms with Gasteiger partial charge in [0, 0.05) is 0 Å². The van der Waals surface area contributed by atoms with Crippen LogP contribution in [0.2, 0.25) is 0 Å². The molecule has 2 aromatic carbocycles. The van der Waals surface area contributed by atoms with E-state index in [1.165, 1.54) is 0 Å². The summed E-state index contributed by atoms with van der Waals surface area (Å²) < 4.78 is 10.7. The van der Waals surface area contributed by atoms with Crippen molar-refractivity contribution in [2.24, 2.45) is 0 Å². The van der Waals surface area contributed by atoms with E-state index in [9.17, 15) is 4.79 Å². The van der Waals surface area contributed by atoms with E-state index in [1.54, 1.807) is 31.4 Å². The summed E-state index contributed by atoms with van der Waals surface area (Å²) in [5.74, 6) is 1.29. The second-order valence-electron chi connectivity index (χ2n) is 3.99. The maximum atomic E-state index is 10.6. The number of carbonyl (C=O) groups is 1. The molecule has 0 unspecified atom stereocenters. The maximum absolute atomic E-state index is 10.6. The van der Waals surface area contributed by atoms with Gasteiger partial charge in [0.25, 0.3) is 0 Å². The van der Waals surface area contributed by atoms with Crippen molar-refractivity contribution >= 4 is 5.97 Å². The molecule has 0 radical (unpaired) electrons. The smallest absolute Gasteiger partial charge is 0.307 e. The Morgan fingerprint density at radius 1 is 0.947 bits per heavy atom. The van der Waals surface area contributed by atoms with Gasteiger partial charge in [-0.25, -0.2) is 0 Å². The summed E-state index contributed by atoms with van der Waals surface area (Å²) in [5.41, 5.74) is 0.745. The van der Waals surface area contributed by atoms with Gasteiger partial charge in [-0.15, -0.1) is 0 Å². The van der Waals surface area contributed by atoms with Crippen molar-refractivity contribution in [3.63, 3.8) is 0 Å². The van der Waals surface area contributed by atoms with Gasteiger partial charge < -0.3 is 14.6 Å². The van der Waals surface area contributed by atoms with Gasteiger partial charge in [-0.3, -0.25) is 4.79 Å². The third-order valence-electron chi connectivity index (χ3n) is 2.57. The Morgan fingerprint density at radius 2 is 1.42 bits per heavy atom. The molecule has 0 saturated carbocycles. The predicted molar refractivity (Wildman–Crippen MR) is 70.8 cm³/mol. The lowest BCUT2D eigenvalue weighted by Crippen LogP contribution is -1.99. The fourth-order valence-corrected chi connectivity index (χ4v) is 1.63. The summed E-state index contributed by atoms with van der Waals surface area (Å²) in [6.45, 7) is 0. The molecule has 0 aromatic heterocycles. The van der Waals surface area contributed by atoms with Crippen molar-refractivity contribution in [3.8, 4) is 17.2 Å². The number of ether oxygens (including phenoxy) is 2. The van der Waals surface area contributed by atoms with Crippen LogP contribution in [0.4, 0.5) is 0 Å². The second-order valence-corrected chi connectivity index (χ2v) is 3.99. The van der Waals surface area contributed by atoms with Crippen LogP contribution in [0.1, 0.15) is 5.56 Å². The fourth-order valence-electron chi connectivity index (χ4n) is 1.63. The SMILES string of the molecule is COc1ccc(Oc2ccc(CC(=O)O)cc2)cc1. The van der Waals surface area contributed by atoms with Crippen molar-refractivity contribution in [2.75, 3.05) is 7.11 Å². The third kappa shape index (κ3) is 3.74. The molecule has 0 aliphatic carbocycles. The topological polar surface area (TPSA) is 55.8 Å². The molecule has 0 aliphatic rings. The first-order valence-corrected chi connectivity index (χ1v) is 5.80. The Kier molecular flexibility index (Phi) is 4.03. The molecule has 0 atom stereocenters. The molecule has 0 aliphatic heterocycles. The van der Waals surface area contributed by atoms with Gasteiger partial charge in [0.2, 0.25) is 0 Å². The number of aliphatic carboxylic acids is 1. The number of methoxy groups -OCH3 is 1. The van der Waals surface area contributed by atoms with E-state index in [1.807, 2.05) is 24.3 Å². The third-order valence-corrected chi connectivity index (χ3v) is 2.57. The molecule has 0 fully saturated rings.